The summed E-state index contributed by atoms with van der Waals surface area (Å²) in [5, 5.41) is 0. The van der Waals surface area contributed by atoms with Crippen LogP contribution in [-0.2, 0) is 28.4 Å². The van der Waals surface area contributed by atoms with Crippen LogP contribution in [0, 0.1) is 68.0 Å². The third-order valence-corrected chi connectivity index (χ3v) is 19.6. The maximum atomic E-state index is 15.3. The number of carbonyl (C=O) groups excluding carboxylic acids is 6. The predicted molar refractivity (Wildman–Crippen MR) is 373 cm³/mol. The third kappa shape index (κ3) is 35.2. The zero-order valence-corrected chi connectivity index (χ0v) is 66.4. The molecule has 0 aliphatic heterocycles. The van der Waals surface area contributed by atoms with E-state index in [9.17, 15) is 79.0 Å². The Labute approximate surface area is 626 Å². The van der Waals surface area contributed by atoms with Gasteiger partial charge in [-0.1, -0.05) is 202 Å². The number of alkyl halides is 18. The fourth-order valence-electron chi connectivity index (χ4n) is 13.7. The van der Waals surface area contributed by atoms with E-state index in [1.807, 2.05) is 0 Å². The van der Waals surface area contributed by atoms with E-state index in [-0.39, 0.29) is 116 Å². The molecule has 0 aromatic heterocycles. The molecule has 1 aromatic carbocycles. The average Bonchev–Trinajstić information content (AvgIpc) is 0.728. The normalized spacial score (nSPS) is 15.2. The van der Waals surface area contributed by atoms with Crippen molar-refractivity contribution in [1.29, 1.82) is 0 Å². The fraction of sp³-hybridized carbons (Fsp3) is 0.846. The maximum Gasteiger partial charge on any atom is 0.392 e. The van der Waals surface area contributed by atoms with Gasteiger partial charge in [0, 0.05) is 0 Å². The molecule has 0 heterocycles. The molecule has 30 heteroatoms. The van der Waals surface area contributed by atoms with Crippen molar-refractivity contribution in [2.75, 3.05) is 39.6 Å². The molecule has 0 saturated carbocycles. The van der Waals surface area contributed by atoms with Gasteiger partial charge in [0.2, 0.25) is 0 Å². The van der Waals surface area contributed by atoms with Crippen molar-refractivity contribution in [2.24, 2.45) is 68.0 Å². The minimum absolute atomic E-state index is 0.0851. The SMILES string of the molecule is CC(C)(C)[C@@H](CCCCCOC(=O)c1c(C(=O)OCCCCC[C@H](C(C)(C)C)C(F)(F)F)c(C(=O)OCCCCC[C@H](C(C)(C)C)C(F)(F)F)c(C(=O)OCCCCC[C@H](C(C)(C)C)C(F)(F)F)c(C(=O)OCCCCC[C@H](C(C)(C)C)C(F)(F)F)c1C(=O)OCCCCC[C@H](C(C)(C)C)C(F)(F)F)C(F)(F)F. The van der Waals surface area contributed by atoms with Gasteiger partial charge in [-0.3, -0.25) is 0 Å². The highest BCUT2D eigenvalue weighted by molar-refractivity contribution is 6.24. The van der Waals surface area contributed by atoms with E-state index in [1.165, 1.54) is 125 Å². The van der Waals surface area contributed by atoms with E-state index < -0.39 is 252 Å². The van der Waals surface area contributed by atoms with Crippen LogP contribution in [0.1, 0.15) is 341 Å². The van der Waals surface area contributed by atoms with Gasteiger partial charge < -0.3 is 28.4 Å². The van der Waals surface area contributed by atoms with Crippen LogP contribution in [0.15, 0.2) is 0 Å². The number of esters is 6. The Morgan fingerprint density at radius 1 is 0.194 bits per heavy atom. The number of halogens is 18. The van der Waals surface area contributed by atoms with Crippen LogP contribution in [-0.4, -0.2) is 113 Å². The molecule has 12 nitrogen and oxygen atoms in total. The second-order valence-corrected chi connectivity index (χ2v) is 34.9. The lowest BCUT2D eigenvalue weighted by Crippen LogP contribution is -2.34. The lowest BCUT2D eigenvalue weighted by Gasteiger charge is -2.32. The van der Waals surface area contributed by atoms with Gasteiger partial charge in [0.05, 0.1) is 109 Å². The number of rotatable bonds is 42. The van der Waals surface area contributed by atoms with Crippen LogP contribution in [0.4, 0.5) is 79.0 Å². The summed E-state index contributed by atoms with van der Waals surface area (Å²) in [4.78, 5) is 91.7. The van der Waals surface area contributed by atoms with Gasteiger partial charge in [0.25, 0.3) is 0 Å². The molecule has 1 aromatic rings. The molecular formula is C78H120F18O12. The van der Waals surface area contributed by atoms with Gasteiger partial charge in [-0.2, -0.15) is 79.0 Å². The third-order valence-electron chi connectivity index (χ3n) is 19.6. The van der Waals surface area contributed by atoms with Gasteiger partial charge in [0.1, 0.15) is 0 Å². The van der Waals surface area contributed by atoms with E-state index >= 15 is 28.8 Å². The smallest absolute Gasteiger partial charge is 0.392 e. The van der Waals surface area contributed by atoms with Crippen LogP contribution in [0.25, 0.3) is 0 Å². The van der Waals surface area contributed by atoms with Crippen LogP contribution in [0.2, 0.25) is 0 Å². The van der Waals surface area contributed by atoms with Gasteiger partial charge in [-0.15, -0.1) is 0 Å². The van der Waals surface area contributed by atoms with Crippen molar-refractivity contribution in [3.63, 3.8) is 0 Å². The highest BCUT2D eigenvalue weighted by atomic mass is 19.4. The monoisotopic (exact) mass is 1590 g/mol. The second-order valence-electron chi connectivity index (χ2n) is 34.9. The molecule has 0 N–H and O–H groups in total. The molecule has 0 radical (unpaired) electrons. The Kier molecular flexibility index (Phi) is 39.2. The average molecular weight is 1590 g/mol. The van der Waals surface area contributed by atoms with Crippen molar-refractivity contribution in [3.05, 3.63) is 33.4 Å². The lowest BCUT2D eigenvalue weighted by molar-refractivity contribution is -0.203. The Bertz CT molecular complexity index is 2330. The molecule has 0 unspecified atom stereocenters. The number of hydrogen-bond donors (Lipinski definition) is 0. The van der Waals surface area contributed by atoms with Gasteiger partial charge >= 0.3 is 72.9 Å². The lowest BCUT2D eigenvalue weighted by atomic mass is 9.77. The summed E-state index contributed by atoms with van der Waals surface area (Å²) in [5.41, 5.74) is -16.1. The van der Waals surface area contributed by atoms with Gasteiger partial charge in [0.15, 0.2) is 0 Å². The predicted octanol–water partition coefficient (Wildman–Crippen LogP) is 25.3. The molecule has 0 fully saturated rings. The molecule has 630 valence electrons. The number of carbonyl (C=O) groups is 6. The Morgan fingerprint density at radius 3 is 0.380 bits per heavy atom. The highest BCUT2D eigenvalue weighted by Crippen LogP contribution is 2.49. The largest absolute Gasteiger partial charge is 0.462 e. The van der Waals surface area contributed by atoms with Crippen molar-refractivity contribution >= 4 is 35.8 Å². The van der Waals surface area contributed by atoms with Gasteiger partial charge in [-0.25, -0.2) is 28.8 Å². The summed E-state index contributed by atoms with van der Waals surface area (Å²) in [6.07, 6.45) is -33.1. The zero-order valence-electron chi connectivity index (χ0n) is 66.4. The molecular weight excluding hydrogens is 1470 g/mol. The molecule has 1 rings (SSSR count). The van der Waals surface area contributed by atoms with Crippen molar-refractivity contribution in [3.8, 4) is 0 Å². The molecule has 0 amide bonds. The second kappa shape index (κ2) is 42.1. The van der Waals surface area contributed by atoms with Crippen molar-refractivity contribution in [1.82, 2.24) is 0 Å². The molecule has 0 aliphatic carbocycles. The van der Waals surface area contributed by atoms with E-state index in [0.29, 0.717) is 0 Å². The van der Waals surface area contributed by atoms with E-state index in [1.54, 1.807) is 0 Å². The van der Waals surface area contributed by atoms with Crippen molar-refractivity contribution in [2.45, 2.75) is 316 Å². The summed E-state index contributed by atoms with van der Waals surface area (Å²) in [7, 11) is 0. The first-order valence-electron chi connectivity index (χ1n) is 37.5. The van der Waals surface area contributed by atoms with Crippen LogP contribution < -0.4 is 0 Å². The quantitative estimate of drug-likeness (QED) is 0.0264. The van der Waals surface area contributed by atoms with Crippen LogP contribution in [0.3, 0.4) is 0 Å². The first kappa shape index (κ1) is 101. The van der Waals surface area contributed by atoms with E-state index in [4.69, 9.17) is 28.4 Å². The molecule has 108 heavy (non-hydrogen) atoms. The number of unbranched alkanes of at least 4 members (excludes halogenated alkanes) is 12. The first-order chi connectivity index (χ1) is 48.8. The standard InChI is InChI=1S/C78H120F18O12/c1-67(2,3)49(73(79,80)81)37-25-19-31-43-103-61(97)55-56(62(98)104-44-32-20-26-38-50(68(4,5)6)74(82,83)84)58(64(100)106-46-34-22-28-40-52(70(10,11)12)76(88,89)90)60(66(102)108-48-36-24-30-42-54(72(16,17)18)78(94,95)96)59(65(101)107-47-35-23-29-41-53(71(13,14)15)77(91,92)93)57(55)63(99)105-45-33-21-27-39-51(69(7,8)9)75(85,86)87/h49-54H,19-48H2,1-18H3/t49-,50-,51-,52-,53-,54-/m1/s1. The molecule has 0 aliphatic rings. The fourth-order valence-corrected chi connectivity index (χ4v) is 13.7. The highest BCUT2D eigenvalue weighted by Gasteiger charge is 2.52. The van der Waals surface area contributed by atoms with Crippen molar-refractivity contribution < 1.29 is 136 Å². The minimum Gasteiger partial charge on any atom is -0.462 e. The summed E-state index contributed by atoms with van der Waals surface area (Å²) < 4.78 is 290. The molecule has 0 bridgehead atoms. The molecule has 6 atom stereocenters. The van der Waals surface area contributed by atoms with Crippen LogP contribution in [0.5, 0.6) is 0 Å². The number of hydrogen-bond acceptors (Lipinski definition) is 12. The zero-order chi connectivity index (χ0) is 83.8. The summed E-state index contributed by atoms with van der Waals surface area (Å²) in [5.74, 6) is -21.8. The Balaban J connectivity index is 4.78. The Morgan fingerprint density at radius 2 is 0.296 bits per heavy atom. The molecule has 0 saturated heterocycles. The summed E-state index contributed by atoms with van der Waals surface area (Å²) in [6.45, 7) is 20.2. The van der Waals surface area contributed by atoms with Crippen LogP contribution >= 0.6 is 0 Å². The van der Waals surface area contributed by atoms with E-state index in [2.05, 4.69) is 0 Å². The topological polar surface area (TPSA) is 158 Å². The Hall–Kier alpha value is -5.22. The maximum absolute atomic E-state index is 15.3. The number of ether oxygens (including phenoxy) is 6. The van der Waals surface area contributed by atoms with E-state index in [0.717, 1.165) is 0 Å². The number of benzene rings is 1. The summed E-state index contributed by atoms with van der Waals surface area (Å²) in [6, 6.07) is 0. The molecule has 0 spiro atoms. The minimum atomic E-state index is -4.64. The first-order valence-corrected chi connectivity index (χ1v) is 37.5. The summed E-state index contributed by atoms with van der Waals surface area (Å²) >= 11 is 0. The van der Waals surface area contributed by atoms with Gasteiger partial charge in [-0.05, 0) is 110 Å².